The van der Waals surface area contributed by atoms with Crippen molar-refractivity contribution in [3.8, 4) is 11.1 Å². The zero-order valence-electron chi connectivity index (χ0n) is 21.1. The average molecular weight is 495 g/mol. The maximum atomic E-state index is 15.0. The van der Waals surface area contributed by atoms with Crippen LogP contribution in [0.1, 0.15) is 87.0 Å². The molecule has 0 bridgehead atoms. The van der Waals surface area contributed by atoms with Crippen LogP contribution in [0.4, 0.5) is 17.6 Å². The minimum absolute atomic E-state index is 0.0785. The number of hydrogen-bond donors (Lipinski definition) is 0. The fourth-order valence-electron chi connectivity index (χ4n) is 5.24. The van der Waals surface area contributed by atoms with Crippen molar-refractivity contribution >= 4 is 12.2 Å². The molecule has 1 aliphatic rings. The van der Waals surface area contributed by atoms with Gasteiger partial charge < -0.3 is 0 Å². The lowest BCUT2D eigenvalue weighted by molar-refractivity contribution is 0.312. The summed E-state index contributed by atoms with van der Waals surface area (Å²) in [6, 6.07) is 13.6. The van der Waals surface area contributed by atoms with Crippen molar-refractivity contribution < 1.29 is 17.6 Å². The van der Waals surface area contributed by atoms with Gasteiger partial charge in [-0.05, 0) is 72.6 Å². The number of rotatable bonds is 8. The molecule has 0 radical (unpaired) electrons. The number of aryl methyl sites for hydroxylation is 1. The summed E-state index contributed by atoms with van der Waals surface area (Å²) in [5, 5.41) is 0. The summed E-state index contributed by atoms with van der Waals surface area (Å²) in [6.45, 7) is 4.19. The predicted octanol–water partition coefficient (Wildman–Crippen LogP) is 10.1. The minimum Gasteiger partial charge on any atom is -0.203 e. The lowest BCUT2D eigenvalue weighted by atomic mass is 9.77. The smallest absolute Gasteiger partial charge is 0.166 e. The van der Waals surface area contributed by atoms with E-state index in [1.165, 1.54) is 6.08 Å². The Kier molecular flexibility index (Phi) is 8.66. The van der Waals surface area contributed by atoms with Gasteiger partial charge in [0.25, 0.3) is 0 Å². The summed E-state index contributed by atoms with van der Waals surface area (Å²) >= 11 is 0. The van der Waals surface area contributed by atoms with E-state index in [2.05, 4.69) is 6.92 Å². The Morgan fingerprint density at radius 1 is 0.722 bits per heavy atom. The third kappa shape index (κ3) is 5.74. The maximum Gasteiger partial charge on any atom is 0.166 e. The summed E-state index contributed by atoms with van der Waals surface area (Å²) in [5.74, 6) is -2.42. The fourth-order valence-corrected chi connectivity index (χ4v) is 5.24. The van der Waals surface area contributed by atoms with Crippen LogP contribution in [-0.4, -0.2) is 0 Å². The van der Waals surface area contributed by atoms with Gasteiger partial charge in [-0.1, -0.05) is 87.4 Å². The SMILES string of the molecule is CCCCc1ccc(C=Cc2ccc(-c3ccc(C4CCC(CC)CC4)c(F)c3F)cc2)c(F)c1F. The summed E-state index contributed by atoms with van der Waals surface area (Å²) in [4.78, 5) is 0. The van der Waals surface area contributed by atoms with Crippen molar-refractivity contribution in [3.05, 3.63) is 94.1 Å². The molecule has 0 spiro atoms. The number of hydrogen-bond acceptors (Lipinski definition) is 0. The quantitative estimate of drug-likeness (QED) is 0.216. The molecule has 0 unspecified atom stereocenters. The van der Waals surface area contributed by atoms with Crippen LogP contribution in [0.15, 0.2) is 48.5 Å². The van der Waals surface area contributed by atoms with Gasteiger partial charge >= 0.3 is 0 Å². The Morgan fingerprint density at radius 3 is 2.11 bits per heavy atom. The zero-order chi connectivity index (χ0) is 25.7. The fraction of sp³-hybridized carbons (Fsp3) is 0.375. The van der Waals surface area contributed by atoms with E-state index in [0.717, 1.165) is 50.5 Å². The first-order valence-electron chi connectivity index (χ1n) is 13.2. The largest absolute Gasteiger partial charge is 0.203 e. The molecule has 0 nitrogen and oxygen atoms in total. The molecule has 1 saturated carbocycles. The van der Waals surface area contributed by atoms with Crippen LogP contribution in [0.25, 0.3) is 23.3 Å². The molecule has 1 fully saturated rings. The molecule has 4 rings (SSSR count). The lowest BCUT2D eigenvalue weighted by Crippen LogP contribution is -2.14. The van der Waals surface area contributed by atoms with Crippen molar-refractivity contribution in [2.75, 3.05) is 0 Å². The van der Waals surface area contributed by atoms with E-state index in [1.54, 1.807) is 54.6 Å². The second-order valence-electron chi connectivity index (χ2n) is 9.96. The molecule has 0 atom stereocenters. The van der Waals surface area contributed by atoms with Crippen molar-refractivity contribution in [3.63, 3.8) is 0 Å². The minimum atomic E-state index is -0.850. The highest BCUT2D eigenvalue weighted by Crippen LogP contribution is 2.39. The Labute approximate surface area is 212 Å². The monoisotopic (exact) mass is 494 g/mol. The predicted molar refractivity (Wildman–Crippen MR) is 141 cm³/mol. The number of unbranched alkanes of at least 4 members (excludes halogenated alkanes) is 1. The zero-order valence-corrected chi connectivity index (χ0v) is 21.1. The van der Waals surface area contributed by atoms with Crippen LogP contribution < -0.4 is 0 Å². The normalized spacial score (nSPS) is 18.2. The average Bonchev–Trinajstić information content (AvgIpc) is 2.91. The van der Waals surface area contributed by atoms with Crippen LogP contribution in [-0.2, 0) is 6.42 Å². The highest BCUT2D eigenvalue weighted by molar-refractivity contribution is 5.72. The summed E-state index contributed by atoms with van der Waals surface area (Å²) < 4.78 is 58.8. The van der Waals surface area contributed by atoms with Gasteiger partial charge in [0.1, 0.15) is 0 Å². The molecule has 0 aromatic heterocycles. The molecule has 0 N–H and O–H groups in total. The van der Waals surface area contributed by atoms with Crippen molar-refractivity contribution in [2.45, 2.75) is 71.1 Å². The van der Waals surface area contributed by atoms with Crippen LogP contribution in [0.2, 0.25) is 0 Å². The second-order valence-corrected chi connectivity index (χ2v) is 9.96. The molecular weight excluding hydrogens is 460 g/mol. The number of halogens is 4. The molecule has 0 amide bonds. The maximum absolute atomic E-state index is 15.0. The third-order valence-corrected chi connectivity index (χ3v) is 7.64. The van der Waals surface area contributed by atoms with E-state index < -0.39 is 23.3 Å². The van der Waals surface area contributed by atoms with Crippen LogP contribution in [0.5, 0.6) is 0 Å². The Hall–Kier alpha value is -2.88. The first-order valence-corrected chi connectivity index (χ1v) is 13.2. The first kappa shape index (κ1) is 26.2. The van der Waals surface area contributed by atoms with Gasteiger partial charge in [-0.25, -0.2) is 17.6 Å². The van der Waals surface area contributed by atoms with E-state index >= 15 is 8.78 Å². The van der Waals surface area contributed by atoms with Crippen LogP contribution in [0.3, 0.4) is 0 Å². The molecule has 0 heterocycles. The molecule has 3 aromatic carbocycles. The highest BCUT2D eigenvalue weighted by atomic mass is 19.2. The molecule has 3 aromatic rings. The standard InChI is InChI=1S/C32H34F4/c1-3-5-6-25-17-18-26(30(34)29(25)33)16-11-22-9-14-24(15-10-22)28-20-19-27(31(35)32(28)36)23-12-7-21(4-2)8-13-23/h9-11,14-21,23H,3-8,12-13H2,1-2H3. The molecular formula is C32H34F4. The van der Waals surface area contributed by atoms with E-state index in [4.69, 9.17) is 0 Å². The van der Waals surface area contributed by atoms with Gasteiger partial charge in [0.05, 0.1) is 0 Å². The van der Waals surface area contributed by atoms with E-state index in [9.17, 15) is 8.78 Å². The molecule has 0 saturated heterocycles. The van der Waals surface area contributed by atoms with Gasteiger partial charge in [0, 0.05) is 11.1 Å². The summed E-state index contributed by atoms with van der Waals surface area (Å²) in [5.41, 5.74) is 2.60. The lowest BCUT2D eigenvalue weighted by Gasteiger charge is -2.28. The van der Waals surface area contributed by atoms with Gasteiger partial charge in [-0.15, -0.1) is 0 Å². The van der Waals surface area contributed by atoms with Crippen molar-refractivity contribution in [1.82, 2.24) is 0 Å². The van der Waals surface area contributed by atoms with E-state index in [-0.39, 0.29) is 17.0 Å². The topological polar surface area (TPSA) is 0 Å². The van der Waals surface area contributed by atoms with Gasteiger partial charge in [-0.2, -0.15) is 0 Å². The van der Waals surface area contributed by atoms with Crippen LogP contribution >= 0.6 is 0 Å². The summed E-state index contributed by atoms with van der Waals surface area (Å²) in [7, 11) is 0. The summed E-state index contributed by atoms with van der Waals surface area (Å²) in [6.07, 6.45) is 10.5. The van der Waals surface area contributed by atoms with Crippen LogP contribution in [0, 0.1) is 29.2 Å². The van der Waals surface area contributed by atoms with E-state index in [1.807, 2.05) is 6.92 Å². The van der Waals surface area contributed by atoms with Crippen molar-refractivity contribution in [2.24, 2.45) is 5.92 Å². The Balaban J connectivity index is 1.48. The molecule has 4 heteroatoms. The van der Waals surface area contributed by atoms with E-state index in [0.29, 0.717) is 29.0 Å². The molecule has 0 aliphatic heterocycles. The first-order chi connectivity index (χ1) is 17.4. The number of benzene rings is 3. The molecule has 190 valence electrons. The van der Waals surface area contributed by atoms with Gasteiger partial charge in [-0.3, -0.25) is 0 Å². The molecule has 36 heavy (non-hydrogen) atoms. The molecule has 1 aliphatic carbocycles. The highest BCUT2D eigenvalue weighted by Gasteiger charge is 2.26. The van der Waals surface area contributed by atoms with Gasteiger partial charge in [0.2, 0.25) is 0 Å². The Bertz CT molecular complexity index is 1200. The van der Waals surface area contributed by atoms with Gasteiger partial charge in [0.15, 0.2) is 23.3 Å². The Morgan fingerprint density at radius 2 is 1.44 bits per heavy atom. The third-order valence-electron chi connectivity index (χ3n) is 7.64. The second kappa shape index (κ2) is 11.9. The van der Waals surface area contributed by atoms with Crippen molar-refractivity contribution in [1.29, 1.82) is 0 Å².